The molecule has 0 aromatic rings. The molecule has 12 heavy (non-hydrogen) atoms. The van der Waals surface area contributed by atoms with Crippen molar-refractivity contribution >= 4 is 11.8 Å². The summed E-state index contributed by atoms with van der Waals surface area (Å²) in [6, 6.07) is 0.0850. The molecule has 0 bridgehead atoms. The highest BCUT2D eigenvalue weighted by molar-refractivity contribution is 7.98. The molecule has 72 valence electrons. The van der Waals surface area contributed by atoms with E-state index < -0.39 is 5.79 Å². The van der Waals surface area contributed by atoms with Crippen LogP contribution in [0.25, 0.3) is 0 Å². The van der Waals surface area contributed by atoms with Crippen LogP contribution in [0.1, 0.15) is 13.8 Å². The smallest absolute Gasteiger partial charge is 0.163 e. The summed E-state index contributed by atoms with van der Waals surface area (Å²) in [6.45, 7) is 4.45. The first-order valence-corrected chi connectivity index (χ1v) is 5.51. The van der Waals surface area contributed by atoms with Crippen LogP contribution in [-0.2, 0) is 9.47 Å². The van der Waals surface area contributed by atoms with Crippen molar-refractivity contribution in [1.29, 1.82) is 0 Å². The van der Waals surface area contributed by atoms with Gasteiger partial charge in [0.25, 0.3) is 0 Å². The van der Waals surface area contributed by atoms with Gasteiger partial charge in [0.05, 0.1) is 6.61 Å². The number of thioether (sulfide) groups is 1. The summed E-state index contributed by atoms with van der Waals surface area (Å²) in [6.07, 6.45) is 2.10. The molecule has 0 aromatic heterocycles. The monoisotopic (exact) mass is 191 g/mol. The van der Waals surface area contributed by atoms with Gasteiger partial charge in [-0.25, -0.2) is 0 Å². The van der Waals surface area contributed by atoms with Crippen LogP contribution in [0.3, 0.4) is 0 Å². The van der Waals surface area contributed by atoms with Gasteiger partial charge in [0.2, 0.25) is 0 Å². The van der Waals surface area contributed by atoms with Crippen LogP contribution < -0.4 is 5.73 Å². The average Bonchev–Trinajstić information content (AvgIpc) is 2.31. The van der Waals surface area contributed by atoms with Gasteiger partial charge in [-0.1, -0.05) is 0 Å². The molecule has 0 aliphatic carbocycles. The molecular formula is C8H17NO2S. The van der Waals surface area contributed by atoms with E-state index in [1.165, 1.54) is 0 Å². The van der Waals surface area contributed by atoms with Crippen molar-refractivity contribution in [3.63, 3.8) is 0 Å². The minimum Gasteiger partial charge on any atom is -0.348 e. The summed E-state index contributed by atoms with van der Waals surface area (Å²) < 4.78 is 11.0. The Balaban J connectivity index is 2.36. The Hall–Kier alpha value is 0.230. The van der Waals surface area contributed by atoms with Crippen LogP contribution in [0, 0.1) is 0 Å². The molecule has 1 saturated heterocycles. The summed E-state index contributed by atoms with van der Waals surface area (Å²) >= 11 is 1.74. The van der Waals surface area contributed by atoms with E-state index >= 15 is 0 Å². The Kier molecular flexibility index (Phi) is 3.40. The highest BCUT2D eigenvalue weighted by atomic mass is 32.2. The average molecular weight is 191 g/mol. The predicted molar refractivity (Wildman–Crippen MR) is 51.3 cm³/mol. The molecule has 2 atom stereocenters. The van der Waals surface area contributed by atoms with Gasteiger partial charge in [-0.05, 0) is 20.1 Å². The van der Waals surface area contributed by atoms with Gasteiger partial charge in [-0.15, -0.1) is 0 Å². The fourth-order valence-electron chi connectivity index (χ4n) is 1.23. The largest absolute Gasteiger partial charge is 0.348 e. The van der Waals surface area contributed by atoms with Gasteiger partial charge in [0.15, 0.2) is 5.79 Å². The summed E-state index contributed by atoms with van der Waals surface area (Å²) in [7, 11) is 0. The van der Waals surface area contributed by atoms with Crippen LogP contribution in [0.2, 0.25) is 0 Å². The quantitative estimate of drug-likeness (QED) is 0.717. The van der Waals surface area contributed by atoms with Crippen molar-refractivity contribution in [3.8, 4) is 0 Å². The molecular weight excluding hydrogens is 174 g/mol. The Morgan fingerprint density at radius 3 is 2.75 bits per heavy atom. The SMILES string of the molecule is CSC[C@@H](N)C1COC(C)(C)O1. The fourth-order valence-corrected chi connectivity index (χ4v) is 1.83. The van der Waals surface area contributed by atoms with E-state index in [1.54, 1.807) is 11.8 Å². The minimum atomic E-state index is -0.444. The minimum absolute atomic E-state index is 0.0625. The number of ether oxygens (including phenoxy) is 2. The van der Waals surface area contributed by atoms with Crippen LogP contribution in [-0.4, -0.2) is 36.5 Å². The Bertz CT molecular complexity index is 152. The maximum absolute atomic E-state index is 5.88. The lowest BCUT2D eigenvalue weighted by molar-refractivity contribution is -0.139. The van der Waals surface area contributed by atoms with E-state index in [1.807, 2.05) is 20.1 Å². The van der Waals surface area contributed by atoms with Gasteiger partial charge in [-0.3, -0.25) is 0 Å². The third-order valence-corrected chi connectivity index (χ3v) is 2.59. The van der Waals surface area contributed by atoms with Gasteiger partial charge in [0, 0.05) is 11.8 Å². The Morgan fingerprint density at radius 1 is 1.67 bits per heavy atom. The van der Waals surface area contributed by atoms with Crippen LogP contribution in [0.5, 0.6) is 0 Å². The molecule has 0 aromatic carbocycles. The molecule has 1 aliphatic rings. The fraction of sp³-hybridized carbons (Fsp3) is 1.00. The Morgan fingerprint density at radius 2 is 2.33 bits per heavy atom. The lowest BCUT2D eigenvalue weighted by atomic mass is 10.2. The van der Waals surface area contributed by atoms with Crippen molar-refractivity contribution in [2.45, 2.75) is 31.8 Å². The standard InChI is InChI=1S/C8H17NO2S/c1-8(2)10-4-7(11-8)6(9)5-12-3/h6-7H,4-5,9H2,1-3H3/t6-,7?/m1/s1. The number of hydrogen-bond donors (Lipinski definition) is 1. The molecule has 1 unspecified atom stereocenters. The first-order chi connectivity index (χ1) is 5.55. The molecule has 0 amide bonds. The van der Waals surface area contributed by atoms with Crippen LogP contribution >= 0.6 is 11.8 Å². The van der Waals surface area contributed by atoms with Crippen molar-refractivity contribution in [2.75, 3.05) is 18.6 Å². The highest BCUT2D eigenvalue weighted by Gasteiger charge is 2.35. The molecule has 1 heterocycles. The van der Waals surface area contributed by atoms with Crippen molar-refractivity contribution in [1.82, 2.24) is 0 Å². The molecule has 4 heteroatoms. The maximum Gasteiger partial charge on any atom is 0.163 e. The van der Waals surface area contributed by atoms with E-state index in [0.29, 0.717) is 6.61 Å². The zero-order chi connectivity index (χ0) is 9.19. The second kappa shape index (κ2) is 3.96. The number of nitrogens with two attached hydrogens (primary N) is 1. The van der Waals surface area contributed by atoms with Gasteiger partial charge in [-0.2, -0.15) is 11.8 Å². The van der Waals surface area contributed by atoms with E-state index in [4.69, 9.17) is 15.2 Å². The van der Waals surface area contributed by atoms with Gasteiger partial charge in [0.1, 0.15) is 6.10 Å². The molecule has 1 fully saturated rings. The molecule has 1 aliphatic heterocycles. The zero-order valence-electron chi connectivity index (χ0n) is 7.87. The van der Waals surface area contributed by atoms with Crippen molar-refractivity contribution < 1.29 is 9.47 Å². The van der Waals surface area contributed by atoms with E-state index in [0.717, 1.165) is 5.75 Å². The molecule has 1 rings (SSSR count). The van der Waals surface area contributed by atoms with E-state index in [-0.39, 0.29) is 12.1 Å². The third-order valence-electron chi connectivity index (χ3n) is 1.87. The van der Waals surface area contributed by atoms with E-state index in [9.17, 15) is 0 Å². The van der Waals surface area contributed by atoms with Gasteiger partial charge >= 0.3 is 0 Å². The predicted octanol–water partition coefficient (Wildman–Crippen LogP) is 0.828. The molecule has 0 spiro atoms. The lowest BCUT2D eigenvalue weighted by Gasteiger charge is -2.20. The zero-order valence-corrected chi connectivity index (χ0v) is 8.69. The maximum atomic E-state index is 5.88. The lowest BCUT2D eigenvalue weighted by Crippen LogP contribution is -2.39. The van der Waals surface area contributed by atoms with Gasteiger partial charge < -0.3 is 15.2 Å². The Labute approximate surface area is 78.0 Å². The second-order valence-electron chi connectivity index (χ2n) is 3.49. The molecule has 0 saturated carbocycles. The first-order valence-electron chi connectivity index (χ1n) is 4.11. The third kappa shape index (κ3) is 2.62. The number of rotatable bonds is 3. The summed E-state index contributed by atoms with van der Waals surface area (Å²) in [5.41, 5.74) is 5.88. The van der Waals surface area contributed by atoms with Crippen LogP contribution in [0.4, 0.5) is 0 Å². The van der Waals surface area contributed by atoms with Crippen LogP contribution in [0.15, 0.2) is 0 Å². The van der Waals surface area contributed by atoms with Crippen molar-refractivity contribution in [3.05, 3.63) is 0 Å². The summed E-state index contributed by atoms with van der Waals surface area (Å²) in [5, 5.41) is 0. The first kappa shape index (κ1) is 10.3. The molecule has 2 N–H and O–H groups in total. The summed E-state index contributed by atoms with van der Waals surface area (Å²) in [5.74, 6) is 0.477. The van der Waals surface area contributed by atoms with Crippen molar-refractivity contribution in [2.24, 2.45) is 5.73 Å². The summed E-state index contributed by atoms with van der Waals surface area (Å²) in [4.78, 5) is 0. The number of hydrogen-bond acceptors (Lipinski definition) is 4. The normalized spacial score (nSPS) is 30.5. The molecule has 0 radical (unpaired) electrons. The highest BCUT2D eigenvalue weighted by Crippen LogP contribution is 2.24. The second-order valence-corrected chi connectivity index (χ2v) is 4.40. The topological polar surface area (TPSA) is 44.5 Å². The van der Waals surface area contributed by atoms with E-state index in [2.05, 4.69) is 0 Å². The molecule has 3 nitrogen and oxygen atoms in total.